The predicted molar refractivity (Wildman–Crippen MR) is 95.9 cm³/mol. The summed E-state index contributed by atoms with van der Waals surface area (Å²) in [6.45, 7) is 6.05. The first kappa shape index (κ1) is 17.4. The second-order valence-electron chi connectivity index (χ2n) is 6.38. The molecule has 1 aromatic carbocycles. The van der Waals surface area contributed by atoms with Gasteiger partial charge in [-0.2, -0.15) is 0 Å². The highest BCUT2D eigenvalue weighted by molar-refractivity contribution is 6.02. The quantitative estimate of drug-likeness (QED) is 0.843. The molecule has 7 nitrogen and oxygen atoms in total. The average Bonchev–Trinajstić information content (AvgIpc) is 3.14. The molecule has 1 aliphatic heterocycles. The van der Waals surface area contributed by atoms with Crippen molar-refractivity contribution in [3.05, 3.63) is 36.2 Å². The molecular formula is C18H25N5O2. The van der Waals surface area contributed by atoms with Crippen LogP contribution in [0.1, 0.15) is 49.6 Å². The molecule has 2 heterocycles. The van der Waals surface area contributed by atoms with Crippen molar-refractivity contribution in [2.45, 2.75) is 45.3 Å². The molecule has 2 aromatic rings. The van der Waals surface area contributed by atoms with E-state index < -0.39 is 0 Å². The Kier molecular flexibility index (Phi) is 5.65. The highest BCUT2D eigenvalue weighted by atomic mass is 16.5. The molecule has 134 valence electrons. The monoisotopic (exact) mass is 343 g/mol. The van der Waals surface area contributed by atoms with Gasteiger partial charge in [0.25, 0.3) is 5.91 Å². The number of piperidine rings is 1. The van der Waals surface area contributed by atoms with Crippen LogP contribution in [0.3, 0.4) is 0 Å². The molecule has 7 heteroatoms. The topological polar surface area (TPSA) is 81.1 Å². The van der Waals surface area contributed by atoms with Crippen LogP contribution in [-0.2, 0) is 0 Å². The first-order valence-electron chi connectivity index (χ1n) is 8.86. The van der Waals surface area contributed by atoms with Crippen molar-refractivity contribution in [2.24, 2.45) is 0 Å². The van der Waals surface area contributed by atoms with Crippen molar-refractivity contribution >= 4 is 11.6 Å². The summed E-state index contributed by atoms with van der Waals surface area (Å²) in [7, 11) is 0. The second-order valence-corrected chi connectivity index (χ2v) is 6.38. The van der Waals surface area contributed by atoms with E-state index in [0.717, 1.165) is 38.1 Å². The number of carbonyl (C=O) groups is 1. The van der Waals surface area contributed by atoms with Crippen molar-refractivity contribution < 1.29 is 9.53 Å². The maximum absolute atomic E-state index is 12.3. The Morgan fingerprint density at radius 2 is 2.08 bits per heavy atom. The largest absolute Gasteiger partial charge is 0.491 e. The second kappa shape index (κ2) is 8.11. The van der Waals surface area contributed by atoms with Gasteiger partial charge in [0.15, 0.2) is 5.69 Å². The lowest BCUT2D eigenvalue weighted by atomic mass is 10.1. The molecule has 0 bridgehead atoms. The predicted octanol–water partition coefficient (Wildman–Crippen LogP) is 2.63. The number of nitrogens with one attached hydrogen (secondary N) is 2. The van der Waals surface area contributed by atoms with E-state index in [4.69, 9.17) is 4.74 Å². The molecular weight excluding hydrogens is 318 g/mol. The fourth-order valence-electron chi connectivity index (χ4n) is 2.76. The number of aromatic nitrogens is 3. The molecule has 3 rings (SSSR count). The SMILES string of the molecule is CCC(C)Oc1ccc(NC(=O)c2cn(C3CCNCC3)nn2)cc1. The number of anilines is 1. The molecule has 1 unspecified atom stereocenters. The van der Waals surface area contributed by atoms with E-state index in [1.807, 2.05) is 31.2 Å². The number of amides is 1. The summed E-state index contributed by atoms with van der Waals surface area (Å²) in [4.78, 5) is 12.3. The van der Waals surface area contributed by atoms with Crippen molar-refractivity contribution in [1.82, 2.24) is 20.3 Å². The Balaban J connectivity index is 1.59. The minimum atomic E-state index is -0.254. The lowest BCUT2D eigenvalue weighted by Crippen LogP contribution is -2.29. The summed E-state index contributed by atoms with van der Waals surface area (Å²) in [6.07, 6.45) is 4.85. The van der Waals surface area contributed by atoms with Crippen molar-refractivity contribution in [3.63, 3.8) is 0 Å². The number of carbonyl (C=O) groups excluding carboxylic acids is 1. The van der Waals surface area contributed by atoms with Gasteiger partial charge in [-0.15, -0.1) is 5.10 Å². The first-order valence-corrected chi connectivity index (χ1v) is 8.86. The fourth-order valence-corrected chi connectivity index (χ4v) is 2.76. The van der Waals surface area contributed by atoms with Gasteiger partial charge in [-0.3, -0.25) is 4.79 Å². The lowest BCUT2D eigenvalue weighted by molar-refractivity contribution is 0.102. The summed E-state index contributed by atoms with van der Waals surface area (Å²) in [5, 5.41) is 14.3. The number of nitrogens with zero attached hydrogens (tertiary/aromatic N) is 3. The van der Waals surface area contributed by atoms with Gasteiger partial charge in [-0.1, -0.05) is 12.1 Å². The smallest absolute Gasteiger partial charge is 0.277 e. The molecule has 0 spiro atoms. The molecule has 0 aliphatic carbocycles. The summed E-state index contributed by atoms with van der Waals surface area (Å²) in [5.74, 6) is 0.542. The summed E-state index contributed by atoms with van der Waals surface area (Å²) in [6, 6.07) is 7.67. The zero-order chi connectivity index (χ0) is 17.6. The van der Waals surface area contributed by atoms with E-state index in [1.54, 1.807) is 10.9 Å². The molecule has 2 N–H and O–H groups in total. The summed E-state index contributed by atoms with van der Waals surface area (Å²) >= 11 is 0. The Morgan fingerprint density at radius 3 is 2.76 bits per heavy atom. The van der Waals surface area contributed by atoms with E-state index in [2.05, 4.69) is 27.9 Å². The zero-order valence-corrected chi connectivity index (χ0v) is 14.7. The normalized spacial score (nSPS) is 16.4. The van der Waals surface area contributed by atoms with Crippen molar-refractivity contribution in [2.75, 3.05) is 18.4 Å². The Bertz CT molecular complexity index is 692. The van der Waals surface area contributed by atoms with Crippen LogP contribution in [0.2, 0.25) is 0 Å². The maximum Gasteiger partial charge on any atom is 0.277 e. The Morgan fingerprint density at radius 1 is 1.36 bits per heavy atom. The van der Waals surface area contributed by atoms with Crippen molar-refractivity contribution in [3.8, 4) is 5.75 Å². The average molecular weight is 343 g/mol. The van der Waals surface area contributed by atoms with Gasteiger partial charge in [0.05, 0.1) is 18.3 Å². The Labute approximate surface area is 147 Å². The fraction of sp³-hybridized carbons (Fsp3) is 0.500. The van der Waals surface area contributed by atoms with Crippen LogP contribution in [0.25, 0.3) is 0 Å². The van der Waals surface area contributed by atoms with Crippen LogP contribution in [0.15, 0.2) is 30.5 Å². The number of hydrogen-bond acceptors (Lipinski definition) is 5. The van der Waals surface area contributed by atoms with E-state index >= 15 is 0 Å². The third kappa shape index (κ3) is 4.57. The lowest BCUT2D eigenvalue weighted by Gasteiger charge is -2.22. The highest BCUT2D eigenvalue weighted by Crippen LogP contribution is 2.19. The third-order valence-electron chi connectivity index (χ3n) is 4.45. The first-order chi connectivity index (χ1) is 12.2. The van der Waals surface area contributed by atoms with Crippen molar-refractivity contribution in [1.29, 1.82) is 0 Å². The van der Waals surface area contributed by atoms with Crippen LogP contribution in [0.4, 0.5) is 5.69 Å². The molecule has 1 amide bonds. The zero-order valence-electron chi connectivity index (χ0n) is 14.7. The van der Waals surface area contributed by atoms with Crippen LogP contribution in [0, 0.1) is 0 Å². The molecule has 1 aliphatic rings. The van der Waals surface area contributed by atoms with Crippen LogP contribution < -0.4 is 15.4 Å². The van der Waals surface area contributed by atoms with Crippen LogP contribution in [0.5, 0.6) is 5.75 Å². The number of ether oxygens (including phenoxy) is 1. The van der Waals surface area contributed by atoms with Gasteiger partial charge in [0, 0.05) is 5.69 Å². The molecule has 1 saturated heterocycles. The van der Waals surface area contributed by atoms with E-state index in [9.17, 15) is 4.79 Å². The highest BCUT2D eigenvalue weighted by Gasteiger charge is 2.18. The van der Waals surface area contributed by atoms with Gasteiger partial charge in [-0.25, -0.2) is 4.68 Å². The standard InChI is InChI=1S/C18H25N5O2/c1-3-13(2)25-16-6-4-14(5-7-16)20-18(24)17-12-23(22-21-17)15-8-10-19-11-9-15/h4-7,12-13,15,19H,3,8-11H2,1-2H3,(H,20,24). The van der Waals surface area contributed by atoms with E-state index in [1.165, 1.54) is 0 Å². The van der Waals surface area contributed by atoms with Gasteiger partial charge >= 0.3 is 0 Å². The Hall–Kier alpha value is -2.41. The summed E-state index contributed by atoms with van der Waals surface area (Å²) in [5.41, 5.74) is 1.04. The molecule has 0 saturated carbocycles. The van der Waals surface area contributed by atoms with Crippen LogP contribution in [-0.4, -0.2) is 40.1 Å². The number of hydrogen-bond donors (Lipinski definition) is 2. The van der Waals surface area contributed by atoms with Gasteiger partial charge in [0.2, 0.25) is 0 Å². The van der Waals surface area contributed by atoms with E-state index in [0.29, 0.717) is 17.4 Å². The van der Waals surface area contributed by atoms with Gasteiger partial charge in [0.1, 0.15) is 5.75 Å². The minimum absolute atomic E-state index is 0.172. The molecule has 0 radical (unpaired) electrons. The summed E-state index contributed by atoms with van der Waals surface area (Å²) < 4.78 is 7.54. The van der Waals surface area contributed by atoms with Crippen LogP contribution >= 0.6 is 0 Å². The molecule has 1 fully saturated rings. The number of benzene rings is 1. The molecule has 25 heavy (non-hydrogen) atoms. The maximum atomic E-state index is 12.3. The minimum Gasteiger partial charge on any atom is -0.491 e. The number of rotatable bonds is 6. The van der Waals surface area contributed by atoms with Gasteiger partial charge < -0.3 is 15.4 Å². The molecule has 1 aromatic heterocycles. The van der Waals surface area contributed by atoms with Gasteiger partial charge in [-0.05, 0) is 63.5 Å². The third-order valence-corrected chi connectivity index (χ3v) is 4.45. The van der Waals surface area contributed by atoms with E-state index in [-0.39, 0.29) is 12.0 Å². The molecule has 1 atom stereocenters.